The van der Waals surface area contributed by atoms with Crippen LogP contribution in [-0.4, -0.2) is 121 Å². The number of carbonyl (C=O) groups is 2. The predicted molar refractivity (Wildman–Crippen MR) is 173 cm³/mol. The zero-order chi connectivity index (χ0) is 36.4. The van der Waals surface area contributed by atoms with Crippen molar-refractivity contribution < 1.29 is 47.7 Å². The Morgan fingerprint density at radius 1 is 0.723 bits per heavy atom. The van der Waals surface area contributed by atoms with Crippen molar-refractivity contribution in [2.45, 2.75) is 149 Å². The highest BCUT2D eigenvalue weighted by molar-refractivity contribution is 5.69. The highest BCUT2D eigenvalue weighted by Gasteiger charge is 2.39. The van der Waals surface area contributed by atoms with Crippen LogP contribution in [0, 0.1) is 5.92 Å². The van der Waals surface area contributed by atoms with Crippen LogP contribution < -0.4 is 0 Å². The third-order valence-electron chi connectivity index (χ3n) is 8.38. The van der Waals surface area contributed by atoms with Gasteiger partial charge in [-0.25, -0.2) is 9.59 Å². The number of methoxy groups -OCH3 is 2. The minimum Gasteiger partial charge on any atom is -0.444 e. The number of amides is 2. The fraction of sp³-hybridized carbons (Fsp3) is 0.882. The van der Waals surface area contributed by atoms with Crippen molar-refractivity contribution in [1.82, 2.24) is 14.7 Å². The van der Waals surface area contributed by atoms with Crippen LogP contribution in [0.3, 0.4) is 0 Å². The zero-order valence-electron chi connectivity index (χ0n) is 30.7. The highest BCUT2D eigenvalue weighted by Crippen LogP contribution is 2.32. The molecule has 3 aliphatic heterocycles. The van der Waals surface area contributed by atoms with Crippen molar-refractivity contribution in [2.75, 3.05) is 40.4 Å². The molecule has 3 aliphatic rings. The number of nitrogens with zero attached hydrogens (tertiary/aromatic N) is 3. The molecule has 0 aromatic carbocycles. The molecular formula is C34H61N3O10. The molecule has 2 amide bonds. The number of hydrogen-bond acceptors (Lipinski definition) is 11. The Balaban J connectivity index is 0.000000802. The maximum absolute atomic E-state index is 12.3. The van der Waals surface area contributed by atoms with E-state index in [0.29, 0.717) is 24.1 Å². The molecule has 3 rings (SSSR count). The molecule has 0 spiro atoms. The molecule has 0 N–H and O–H groups in total. The van der Waals surface area contributed by atoms with E-state index in [1.807, 2.05) is 58.3 Å². The Labute approximate surface area is 281 Å². The predicted octanol–water partition coefficient (Wildman–Crippen LogP) is 5.17. The van der Waals surface area contributed by atoms with E-state index >= 15 is 0 Å². The Hall–Kier alpha value is -2.82. The number of likely N-dealkylation sites (tertiary alicyclic amines) is 3. The summed E-state index contributed by atoms with van der Waals surface area (Å²) in [6.07, 6.45) is 8.32. The summed E-state index contributed by atoms with van der Waals surface area (Å²) in [6.45, 7) is 21.5. The topological polar surface area (TPSA) is 149 Å². The largest absolute Gasteiger partial charge is 0.444 e. The molecule has 3 saturated heterocycles. The maximum atomic E-state index is 12.3. The Kier molecular flexibility index (Phi) is 20.6. The van der Waals surface area contributed by atoms with E-state index in [0.717, 1.165) is 51.7 Å². The lowest BCUT2D eigenvalue weighted by atomic mass is 9.91. The van der Waals surface area contributed by atoms with Gasteiger partial charge in [-0.05, 0) is 113 Å². The van der Waals surface area contributed by atoms with Crippen LogP contribution in [0.15, 0.2) is 0 Å². The molecule has 272 valence electrons. The van der Waals surface area contributed by atoms with E-state index in [2.05, 4.69) is 18.7 Å². The van der Waals surface area contributed by atoms with Crippen LogP contribution in [0.2, 0.25) is 0 Å². The summed E-state index contributed by atoms with van der Waals surface area (Å²) in [7, 11) is 3.50. The van der Waals surface area contributed by atoms with Crippen molar-refractivity contribution in [1.29, 1.82) is 0 Å². The molecule has 13 nitrogen and oxygen atoms in total. The van der Waals surface area contributed by atoms with Crippen LogP contribution in [0.4, 0.5) is 9.59 Å². The molecule has 0 radical (unpaired) electrons. The first-order valence-electron chi connectivity index (χ1n) is 16.6. The molecule has 47 heavy (non-hydrogen) atoms. The van der Waals surface area contributed by atoms with Gasteiger partial charge >= 0.3 is 24.5 Å². The first kappa shape index (κ1) is 44.2. The summed E-state index contributed by atoms with van der Waals surface area (Å²) >= 11 is 0. The summed E-state index contributed by atoms with van der Waals surface area (Å²) in [5, 5.41) is 0. The van der Waals surface area contributed by atoms with Crippen LogP contribution in [0.25, 0.3) is 0 Å². The molecule has 0 aliphatic carbocycles. The maximum Gasteiger partial charge on any atom is 0.410 e. The van der Waals surface area contributed by atoms with Crippen LogP contribution >= 0.6 is 0 Å². The van der Waals surface area contributed by atoms with Crippen molar-refractivity contribution in [3.05, 3.63) is 0 Å². The van der Waals surface area contributed by atoms with E-state index in [1.165, 1.54) is 19.4 Å². The van der Waals surface area contributed by atoms with Gasteiger partial charge in [0, 0.05) is 52.0 Å². The summed E-state index contributed by atoms with van der Waals surface area (Å²) in [4.78, 5) is 63.2. The van der Waals surface area contributed by atoms with E-state index in [4.69, 9.17) is 38.1 Å². The highest BCUT2D eigenvalue weighted by atomic mass is 16.6. The number of ether oxygens (including phenoxy) is 4. The van der Waals surface area contributed by atoms with Gasteiger partial charge in [-0.15, -0.1) is 0 Å². The third kappa shape index (κ3) is 17.8. The molecule has 3 fully saturated rings. The second-order valence-electron chi connectivity index (χ2n) is 14.5. The molecule has 0 aromatic heterocycles. The van der Waals surface area contributed by atoms with Gasteiger partial charge in [-0.1, -0.05) is 6.92 Å². The van der Waals surface area contributed by atoms with Gasteiger partial charge in [0.05, 0.1) is 12.2 Å². The van der Waals surface area contributed by atoms with Crippen molar-refractivity contribution in [2.24, 2.45) is 5.92 Å². The fourth-order valence-corrected chi connectivity index (χ4v) is 6.27. The van der Waals surface area contributed by atoms with E-state index in [9.17, 15) is 9.59 Å². The first-order chi connectivity index (χ1) is 21.9. The number of hydrogen-bond donors (Lipinski definition) is 0. The number of rotatable bonds is 7. The average Bonchev–Trinajstić information content (AvgIpc) is 3.62. The summed E-state index contributed by atoms with van der Waals surface area (Å²) in [5.41, 5.74) is -0.843. The fourth-order valence-electron chi connectivity index (χ4n) is 6.27. The molecular weight excluding hydrogens is 610 g/mol. The lowest BCUT2D eigenvalue weighted by Gasteiger charge is -2.43. The Morgan fingerprint density at radius 2 is 1.17 bits per heavy atom. The van der Waals surface area contributed by atoms with E-state index in [1.54, 1.807) is 14.2 Å². The monoisotopic (exact) mass is 671 g/mol. The van der Waals surface area contributed by atoms with Gasteiger partial charge in [-0.3, -0.25) is 4.90 Å². The molecule has 0 aromatic rings. The summed E-state index contributed by atoms with van der Waals surface area (Å²) < 4.78 is 21.7. The Morgan fingerprint density at radius 3 is 1.64 bits per heavy atom. The molecule has 0 saturated carbocycles. The lowest BCUT2D eigenvalue weighted by molar-refractivity contribution is -0.193. The van der Waals surface area contributed by atoms with Crippen molar-refractivity contribution in [3.8, 4) is 0 Å². The summed E-state index contributed by atoms with van der Waals surface area (Å²) in [6, 6.07) is 1.46. The molecule has 4 unspecified atom stereocenters. The normalized spacial score (nSPS) is 24.1. The summed E-state index contributed by atoms with van der Waals surface area (Å²) in [5.74, 6) is 0.477. The smallest absolute Gasteiger partial charge is 0.410 e. The van der Waals surface area contributed by atoms with Gasteiger partial charge in [-0.2, -0.15) is 19.2 Å². The molecule has 6 atom stereocenters. The quantitative estimate of drug-likeness (QED) is 0.353. The van der Waals surface area contributed by atoms with Crippen LogP contribution in [-0.2, 0) is 38.1 Å². The van der Waals surface area contributed by atoms with Crippen molar-refractivity contribution in [3.63, 3.8) is 0 Å². The SMILES string of the molecule is COC(C)C[C@@H]1CCCN1C(=O)OC(C)(C)C.COC(C)C[C@@H]1CCCN1C1CCN(C(=O)OC(C)(C)C)CC1C.O=C=O.O=C=O. The zero-order valence-corrected chi connectivity index (χ0v) is 30.7. The third-order valence-corrected chi connectivity index (χ3v) is 8.38. The minimum atomic E-state index is -0.423. The van der Waals surface area contributed by atoms with Gasteiger partial charge in [0.25, 0.3) is 0 Å². The average molecular weight is 672 g/mol. The molecule has 0 bridgehead atoms. The Bertz CT molecular complexity index is 972. The van der Waals surface area contributed by atoms with Crippen molar-refractivity contribution >= 4 is 24.5 Å². The second kappa shape index (κ2) is 21.9. The standard InChI is InChI=1S/C19H36N2O3.C13H25NO3.2CO2/c1-14-13-20(18(22)24-19(3,4)5)11-9-17(14)21-10-7-8-16(21)12-15(2)23-6;1-10(16-5)9-11-7-6-8-14(11)12(15)17-13(2,3)4;2*2-1-3/h14-17H,7-13H2,1-6H3;10-11H,6-9H2,1-5H3;;/t14?,15?,16-,17?;10?,11-;;/m00../s1. The van der Waals surface area contributed by atoms with Crippen LogP contribution in [0.5, 0.6) is 0 Å². The first-order valence-corrected chi connectivity index (χ1v) is 16.6. The van der Waals surface area contributed by atoms with Gasteiger partial charge in [0.1, 0.15) is 11.2 Å². The molecule has 3 heterocycles. The minimum absolute atomic E-state index is 0.168. The van der Waals surface area contributed by atoms with Gasteiger partial charge in [0.15, 0.2) is 0 Å². The lowest BCUT2D eigenvalue weighted by Crippen LogP contribution is -2.53. The number of carbonyl (C=O) groups excluding carboxylic acids is 6. The van der Waals surface area contributed by atoms with Gasteiger partial charge in [0.2, 0.25) is 0 Å². The number of piperidine rings is 1. The van der Waals surface area contributed by atoms with Gasteiger partial charge < -0.3 is 28.7 Å². The second-order valence-corrected chi connectivity index (χ2v) is 14.5. The molecule has 13 heteroatoms. The van der Waals surface area contributed by atoms with E-state index < -0.39 is 11.2 Å². The van der Waals surface area contributed by atoms with E-state index in [-0.39, 0.29) is 36.6 Å². The van der Waals surface area contributed by atoms with Crippen LogP contribution in [0.1, 0.15) is 107 Å².